The highest BCUT2D eigenvalue weighted by Gasteiger charge is 2.22. The molecular formula is C69H138NO8P. The van der Waals surface area contributed by atoms with Crippen molar-refractivity contribution in [2.75, 3.05) is 47.5 Å². The lowest BCUT2D eigenvalue weighted by Gasteiger charge is -2.28. The van der Waals surface area contributed by atoms with Crippen LogP contribution in [0.5, 0.6) is 0 Å². The predicted molar refractivity (Wildman–Crippen MR) is 338 cm³/mol. The summed E-state index contributed by atoms with van der Waals surface area (Å²) < 4.78 is 34.3. The third-order valence-electron chi connectivity index (χ3n) is 16.4. The molecule has 0 bridgehead atoms. The van der Waals surface area contributed by atoms with Gasteiger partial charge in [0.25, 0.3) is 7.82 Å². The fraction of sp³-hybridized carbons (Fsp3) is 0.971. The number of esters is 2. The zero-order valence-electron chi connectivity index (χ0n) is 53.9. The molecule has 0 aliphatic heterocycles. The van der Waals surface area contributed by atoms with Crippen molar-refractivity contribution in [2.24, 2.45) is 0 Å². The summed E-state index contributed by atoms with van der Waals surface area (Å²) in [5.41, 5.74) is 0. The van der Waals surface area contributed by atoms with Crippen LogP contribution in [0.4, 0.5) is 0 Å². The van der Waals surface area contributed by atoms with Crippen molar-refractivity contribution in [3.8, 4) is 0 Å². The number of unbranched alkanes of at least 4 members (excludes halogenated alkanes) is 53. The topological polar surface area (TPSA) is 111 Å². The van der Waals surface area contributed by atoms with Crippen LogP contribution in [0.15, 0.2) is 0 Å². The van der Waals surface area contributed by atoms with Crippen LogP contribution in [-0.2, 0) is 32.7 Å². The van der Waals surface area contributed by atoms with E-state index >= 15 is 0 Å². The normalized spacial score (nSPS) is 13.0. The van der Waals surface area contributed by atoms with Gasteiger partial charge in [-0.05, 0) is 12.8 Å². The number of rotatable bonds is 67. The Morgan fingerprint density at radius 3 is 0.810 bits per heavy atom. The Hall–Kier alpha value is -0.990. The van der Waals surface area contributed by atoms with E-state index in [0.717, 1.165) is 32.1 Å². The Kier molecular flexibility index (Phi) is 60.8. The Balaban J connectivity index is 3.84. The third-order valence-corrected chi connectivity index (χ3v) is 17.3. The minimum atomic E-state index is -4.63. The average molecular weight is 1140 g/mol. The predicted octanol–water partition coefficient (Wildman–Crippen LogP) is 21.9. The third kappa shape index (κ3) is 66.0. The van der Waals surface area contributed by atoms with Gasteiger partial charge >= 0.3 is 11.9 Å². The molecule has 0 N–H and O–H groups in total. The summed E-state index contributed by atoms with van der Waals surface area (Å²) in [6, 6.07) is 0. The first-order valence-electron chi connectivity index (χ1n) is 35.2. The number of phosphoric ester groups is 1. The summed E-state index contributed by atoms with van der Waals surface area (Å²) in [5, 5.41) is 0. The van der Waals surface area contributed by atoms with Crippen molar-refractivity contribution in [3.05, 3.63) is 0 Å². The molecule has 0 saturated carbocycles. The van der Waals surface area contributed by atoms with Crippen LogP contribution in [0.1, 0.15) is 380 Å². The van der Waals surface area contributed by atoms with Gasteiger partial charge in [-0.2, -0.15) is 0 Å². The standard InChI is InChI=1S/C69H138NO8P/c1-6-8-10-12-14-16-18-20-22-24-25-26-27-28-29-30-31-32-33-34-35-36-37-38-39-40-41-42-43-44-45-46-48-50-52-54-56-58-60-62-69(72)78-67(66-77-79(73,74)76-64-63-70(3,4)5)65-75-68(71)61-59-57-55-53-51-49-47-23-21-19-17-15-13-11-9-7-2/h67H,6-66H2,1-5H3. The van der Waals surface area contributed by atoms with Gasteiger partial charge in [-0.3, -0.25) is 14.2 Å². The molecule has 79 heavy (non-hydrogen) atoms. The molecule has 10 heteroatoms. The second-order valence-electron chi connectivity index (χ2n) is 25.6. The Morgan fingerprint density at radius 2 is 0.570 bits per heavy atom. The molecule has 0 spiro atoms. The highest BCUT2D eigenvalue weighted by molar-refractivity contribution is 7.45. The van der Waals surface area contributed by atoms with Gasteiger partial charge in [0.15, 0.2) is 6.10 Å². The monoisotopic (exact) mass is 1140 g/mol. The van der Waals surface area contributed by atoms with Gasteiger partial charge < -0.3 is 27.9 Å². The zero-order chi connectivity index (χ0) is 57.7. The lowest BCUT2D eigenvalue weighted by atomic mass is 10.0. The first kappa shape index (κ1) is 78.0. The van der Waals surface area contributed by atoms with Crippen LogP contribution in [0, 0.1) is 0 Å². The second kappa shape index (κ2) is 61.6. The number of phosphoric acid groups is 1. The van der Waals surface area contributed by atoms with Gasteiger partial charge in [-0.25, -0.2) is 0 Å². The van der Waals surface area contributed by atoms with Gasteiger partial charge in [0.1, 0.15) is 19.8 Å². The van der Waals surface area contributed by atoms with Gasteiger partial charge in [0.2, 0.25) is 0 Å². The van der Waals surface area contributed by atoms with E-state index in [1.165, 1.54) is 315 Å². The van der Waals surface area contributed by atoms with E-state index in [0.29, 0.717) is 17.4 Å². The number of hydrogen-bond donors (Lipinski definition) is 0. The molecule has 0 aromatic rings. The molecule has 0 saturated heterocycles. The molecule has 0 aromatic carbocycles. The summed E-state index contributed by atoms with van der Waals surface area (Å²) in [4.78, 5) is 37.9. The van der Waals surface area contributed by atoms with E-state index in [1.54, 1.807) is 0 Å². The molecule has 0 amide bonds. The van der Waals surface area contributed by atoms with Crippen molar-refractivity contribution >= 4 is 19.8 Å². The largest absolute Gasteiger partial charge is 0.756 e. The molecule has 0 heterocycles. The highest BCUT2D eigenvalue weighted by Crippen LogP contribution is 2.38. The molecular weight excluding hydrogens is 1000 g/mol. The first-order valence-corrected chi connectivity index (χ1v) is 36.7. The van der Waals surface area contributed by atoms with Gasteiger partial charge in [-0.1, -0.05) is 354 Å². The molecule has 472 valence electrons. The zero-order valence-corrected chi connectivity index (χ0v) is 54.8. The molecule has 0 rings (SSSR count). The number of carbonyl (C=O) groups is 2. The van der Waals surface area contributed by atoms with E-state index in [4.69, 9.17) is 18.5 Å². The van der Waals surface area contributed by atoms with E-state index in [9.17, 15) is 19.0 Å². The summed E-state index contributed by atoms with van der Waals surface area (Å²) in [7, 11) is 1.19. The van der Waals surface area contributed by atoms with Crippen LogP contribution in [-0.4, -0.2) is 70.0 Å². The maximum atomic E-state index is 12.8. The molecule has 0 fully saturated rings. The fourth-order valence-corrected chi connectivity index (χ4v) is 11.7. The Labute approximate surface area is 493 Å². The van der Waals surface area contributed by atoms with E-state index in [1.807, 2.05) is 21.1 Å². The van der Waals surface area contributed by atoms with Crippen LogP contribution in [0.25, 0.3) is 0 Å². The highest BCUT2D eigenvalue weighted by atomic mass is 31.2. The number of carbonyl (C=O) groups excluding carboxylic acids is 2. The van der Waals surface area contributed by atoms with Crippen LogP contribution in [0.2, 0.25) is 0 Å². The second-order valence-corrected chi connectivity index (χ2v) is 27.0. The number of hydrogen-bond acceptors (Lipinski definition) is 8. The molecule has 2 atom stereocenters. The van der Waals surface area contributed by atoms with Crippen molar-refractivity contribution in [2.45, 2.75) is 386 Å². The Bertz CT molecular complexity index is 1290. The lowest BCUT2D eigenvalue weighted by molar-refractivity contribution is -0.870. The summed E-state index contributed by atoms with van der Waals surface area (Å²) in [6.07, 6.45) is 73.6. The van der Waals surface area contributed by atoms with E-state index in [-0.39, 0.29) is 32.0 Å². The molecule has 0 aliphatic carbocycles. The molecule has 2 unspecified atom stereocenters. The smallest absolute Gasteiger partial charge is 0.306 e. The van der Waals surface area contributed by atoms with Gasteiger partial charge in [0, 0.05) is 12.8 Å². The van der Waals surface area contributed by atoms with Crippen LogP contribution < -0.4 is 4.89 Å². The number of quaternary nitrogens is 1. The van der Waals surface area contributed by atoms with E-state index < -0.39 is 26.5 Å². The fourth-order valence-electron chi connectivity index (χ4n) is 11.0. The van der Waals surface area contributed by atoms with Gasteiger partial charge in [-0.15, -0.1) is 0 Å². The van der Waals surface area contributed by atoms with Crippen molar-refractivity contribution in [1.82, 2.24) is 0 Å². The maximum Gasteiger partial charge on any atom is 0.306 e. The van der Waals surface area contributed by atoms with E-state index in [2.05, 4.69) is 13.8 Å². The first-order chi connectivity index (χ1) is 38.5. The van der Waals surface area contributed by atoms with Crippen molar-refractivity contribution in [3.63, 3.8) is 0 Å². The molecule has 0 aromatic heterocycles. The minimum absolute atomic E-state index is 0.0250. The average Bonchev–Trinajstić information content (AvgIpc) is 3.41. The van der Waals surface area contributed by atoms with Crippen LogP contribution in [0.3, 0.4) is 0 Å². The van der Waals surface area contributed by atoms with Crippen LogP contribution >= 0.6 is 7.82 Å². The quantitative estimate of drug-likeness (QED) is 0.0256. The Morgan fingerprint density at radius 1 is 0.342 bits per heavy atom. The van der Waals surface area contributed by atoms with Gasteiger partial charge in [0.05, 0.1) is 27.7 Å². The number of nitrogens with zero attached hydrogens (tertiary/aromatic N) is 1. The van der Waals surface area contributed by atoms with Crippen molar-refractivity contribution < 1.29 is 42.1 Å². The maximum absolute atomic E-state index is 12.8. The number of ether oxygens (including phenoxy) is 2. The summed E-state index contributed by atoms with van der Waals surface area (Å²) >= 11 is 0. The minimum Gasteiger partial charge on any atom is -0.756 e. The summed E-state index contributed by atoms with van der Waals surface area (Å²) in [5.74, 6) is -0.807. The lowest BCUT2D eigenvalue weighted by Crippen LogP contribution is -2.37. The SMILES string of the molecule is CCCCCCCCCCCCCCCCCCCCCCCCCCCCCCCCCCCCCCCCCC(=O)OC(COC(=O)CCCCCCCCCCCCCCCCCC)COP(=O)([O-])OCC[N+](C)(C)C. The molecule has 0 radical (unpaired) electrons. The van der Waals surface area contributed by atoms with Crippen molar-refractivity contribution in [1.29, 1.82) is 0 Å². The number of likely N-dealkylation sites (N-methyl/N-ethyl adjacent to an activating group) is 1. The molecule has 0 aliphatic rings. The molecule has 9 nitrogen and oxygen atoms in total. The summed E-state index contributed by atoms with van der Waals surface area (Å²) in [6.45, 7) is 4.32.